The smallest absolute Gasteiger partial charge is 0.133 e. The molecule has 0 unspecified atom stereocenters. The summed E-state index contributed by atoms with van der Waals surface area (Å²) in [5, 5.41) is 12.4. The molecule has 0 aromatic heterocycles. The molecule has 0 amide bonds. The number of rotatable bonds is 6. The average molecular weight is 269 g/mol. The second-order valence-corrected chi connectivity index (χ2v) is 3.51. The van der Waals surface area contributed by atoms with Crippen LogP contribution in [-0.2, 0) is 16.0 Å². The van der Waals surface area contributed by atoms with Gasteiger partial charge in [-0.25, -0.2) is 0 Å². The number of phenolic OH excluding ortho intramolecular Hbond substituents is 1. The second kappa shape index (κ2) is 16.6. The van der Waals surface area contributed by atoms with Gasteiger partial charge in [-0.2, -0.15) is 0 Å². The number of ether oxygens (including phenoxy) is 1. The molecule has 110 valence electrons. The number of nitrogens with one attached hydrogen (secondary N) is 1. The normalized spacial score (nSPS) is 8.63. The number of para-hydroxylation sites is 1. The first-order valence-corrected chi connectivity index (χ1v) is 6.57. The van der Waals surface area contributed by atoms with Gasteiger partial charge in [0.15, 0.2) is 0 Å². The maximum Gasteiger partial charge on any atom is 0.133 e. The Labute approximate surface area is 116 Å². The SMILES string of the molecule is CC.COC.O=CCNCCCc1ccccc1O. The lowest BCUT2D eigenvalue weighted by Gasteiger charge is -2.03. The number of aryl methyl sites for hydroxylation is 1. The quantitative estimate of drug-likeness (QED) is 0.615. The van der Waals surface area contributed by atoms with Gasteiger partial charge < -0.3 is 20.0 Å². The third-order valence-corrected chi connectivity index (χ3v) is 2.02. The molecule has 0 saturated carbocycles. The standard InChI is InChI=1S/C11H15NO2.C2H6O.C2H6/c13-9-8-12-7-3-5-10-4-1-2-6-11(10)14;1-3-2;1-2/h1-2,4,6,9,12,14H,3,5,7-8H2;1-2H3;1-2H3. The first kappa shape index (κ1) is 19.9. The monoisotopic (exact) mass is 269 g/mol. The Balaban J connectivity index is 0. The van der Waals surface area contributed by atoms with Crippen molar-refractivity contribution in [2.24, 2.45) is 0 Å². The zero-order chi connectivity index (χ0) is 14.9. The van der Waals surface area contributed by atoms with Crippen LogP contribution >= 0.6 is 0 Å². The van der Waals surface area contributed by atoms with E-state index in [1.807, 2.05) is 32.0 Å². The molecule has 0 saturated heterocycles. The zero-order valence-electron chi connectivity index (χ0n) is 12.5. The molecule has 0 fully saturated rings. The molecule has 4 heteroatoms. The van der Waals surface area contributed by atoms with Crippen molar-refractivity contribution in [3.63, 3.8) is 0 Å². The van der Waals surface area contributed by atoms with Gasteiger partial charge in [-0.3, -0.25) is 0 Å². The Morgan fingerprint density at radius 3 is 2.37 bits per heavy atom. The molecule has 0 spiro atoms. The lowest BCUT2D eigenvalue weighted by Crippen LogP contribution is -2.17. The number of hydrogen-bond donors (Lipinski definition) is 2. The van der Waals surface area contributed by atoms with Gasteiger partial charge in [-0.05, 0) is 31.0 Å². The van der Waals surface area contributed by atoms with E-state index in [2.05, 4.69) is 10.1 Å². The van der Waals surface area contributed by atoms with Crippen molar-refractivity contribution in [3.8, 4) is 5.75 Å². The van der Waals surface area contributed by atoms with E-state index in [1.165, 1.54) is 0 Å². The molecule has 0 heterocycles. The summed E-state index contributed by atoms with van der Waals surface area (Å²) in [6.45, 7) is 5.20. The number of aldehydes is 1. The lowest BCUT2D eigenvalue weighted by atomic mass is 10.1. The fraction of sp³-hybridized carbons (Fsp3) is 0.533. The van der Waals surface area contributed by atoms with Crippen molar-refractivity contribution in [2.45, 2.75) is 26.7 Å². The molecule has 0 aliphatic carbocycles. The fourth-order valence-corrected chi connectivity index (χ4v) is 1.29. The molecule has 0 radical (unpaired) electrons. The fourth-order valence-electron chi connectivity index (χ4n) is 1.29. The maximum atomic E-state index is 9.99. The van der Waals surface area contributed by atoms with Crippen LogP contribution in [0.4, 0.5) is 0 Å². The maximum absolute atomic E-state index is 9.99. The van der Waals surface area contributed by atoms with E-state index >= 15 is 0 Å². The number of methoxy groups -OCH3 is 1. The highest BCUT2D eigenvalue weighted by molar-refractivity contribution is 5.51. The molecule has 2 N–H and O–H groups in total. The molecule has 1 rings (SSSR count). The number of hydrogen-bond acceptors (Lipinski definition) is 4. The van der Waals surface area contributed by atoms with Crippen LogP contribution in [0.15, 0.2) is 24.3 Å². The highest BCUT2D eigenvalue weighted by Gasteiger charge is 1.98. The Morgan fingerprint density at radius 1 is 1.26 bits per heavy atom. The van der Waals surface area contributed by atoms with E-state index < -0.39 is 0 Å². The third-order valence-electron chi connectivity index (χ3n) is 2.02. The molecule has 19 heavy (non-hydrogen) atoms. The highest BCUT2D eigenvalue weighted by atomic mass is 16.4. The van der Waals surface area contributed by atoms with E-state index in [9.17, 15) is 9.90 Å². The molecule has 0 aliphatic heterocycles. The van der Waals surface area contributed by atoms with Gasteiger partial charge in [0.1, 0.15) is 12.0 Å². The van der Waals surface area contributed by atoms with E-state index in [-0.39, 0.29) is 0 Å². The van der Waals surface area contributed by atoms with Crippen LogP contribution in [-0.4, -0.2) is 38.7 Å². The Morgan fingerprint density at radius 2 is 1.84 bits per heavy atom. The topological polar surface area (TPSA) is 58.6 Å². The predicted molar refractivity (Wildman–Crippen MR) is 79.6 cm³/mol. The number of aromatic hydroxyl groups is 1. The largest absolute Gasteiger partial charge is 0.508 e. The summed E-state index contributed by atoms with van der Waals surface area (Å²) in [5.41, 5.74) is 0.959. The molecule has 0 atom stereocenters. The van der Waals surface area contributed by atoms with Crippen molar-refractivity contribution < 1.29 is 14.6 Å². The van der Waals surface area contributed by atoms with Crippen LogP contribution < -0.4 is 5.32 Å². The van der Waals surface area contributed by atoms with Crippen LogP contribution in [0.3, 0.4) is 0 Å². The molecule has 1 aromatic carbocycles. The molecule has 4 nitrogen and oxygen atoms in total. The van der Waals surface area contributed by atoms with Crippen molar-refractivity contribution in [1.82, 2.24) is 5.32 Å². The highest BCUT2D eigenvalue weighted by Crippen LogP contribution is 2.16. The number of carbonyl (C=O) groups is 1. The van der Waals surface area contributed by atoms with Gasteiger partial charge in [0.25, 0.3) is 0 Å². The summed E-state index contributed by atoms with van der Waals surface area (Å²) in [5.74, 6) is 0.350. The van der Waals surface area contributed by atoms with E-state index in [1.54, 1.807) is 20.3 Å². The predicted octanol–water partition coefficient (Wildman–Crippen LogP) is 2.40. The summed E-state index contributed by atoms with van der Waals surface area (Å²) >= 11 is 0. The summed E-state index contributed by atoms with van der Waals surface area (Å²) in [6.07, 6.45) is 2.60. The van der Waals surface area contributed by atoms with Gasteiger partial charge in [-0.1, -0.05) is 32.0 Å². The lowest BCUT2D eigenvalue weighted by molar-refractivity contribution is -0.107. The van der Waals surface area contributed by atoms with Gasteiger partial charge in [-0.15, -0.1) is 0 Å². The van der Waals surface area contributed by atoms with Crippen LogP contribution in [0.5, 0.6) is 5.75 Å². The summed E-state index contributed by atoms with van der Waals surface area (Å²) < 4.78 is 4.25. The van der Waals surface area contributed by atoms with Crippen molar-refractivity contribution in [1.29, 1.82) is 0 Å². The summed E-state index contributed by atoms with van der Waals surface area (Å²) in [6, 6.07) is 7.32. The van der Waals surface area contributed by atoms with E-state index in [0.29, 0.717) is 12.3 Å². The summed E-state index contributed by atoms with van der Waals surface area (Å²) in [7, 11) is 3.25. The van der Waals surface area contributed by atoms with E-state index in [0.717, 1.165) is 31.2 Å². The van der Waals surface area contributed by atoms with Gasteiger partial charge in [0.2, 0.25) is 0 Å². The van der Waals surface area contributed by atoms with Gasteiger partial charge in [0.05, 0.1) is 6.54 Å². The average Bonchev–Trinajstić information content (AvgIpc) is 2.44. The third kappa shape index (κ3) is 12.9. The van der Waals surface area contributed by atoms with E-state index in [4.69, 9.17) is 0 Å². The summed E-state index contributed by atoms with van der Waals surface area (Å²) in [4.78, 5) is 9.99. The van der Waals surface area contributed by atoms with Crippen LogP contribution in [0.2, 0.25) is 0 Å². The first-order valence-electron chi connectivity index (χ1n) is 6.57. The van der Waals surface area contributed by atoms with Crippen molar-refractivity contribution >= 4 is 6.29 Å². The van der Waals surface area contributed by atoms with Gasteiger partial charge >= 0.3 is 0 Å². The molecule has 0 bridgehead atoms. The van der Waals surface area contributed by atoms with Crippen molar-refractivity contribution in [3.05, 3.63) is 29.8 Å². The van der Waals surface area contributed by atoms with Crippen molar-refractivity contribution in [2.75, 3.05) is 27.3 Å². The zero-order valence-corrected chi connectivity index (χ0v) is 12.5. The minimum absolute atomic E-state index is 0.350. The number of phenols is 1. The van der Waals surface area contributed by atoms with Gasteiger partial charge in [0, 0.05) is 14.2 Å². The second-order valence-electron chi connectivity index (χ2n) is 3.51. The Kier molecular flexibility index (Phi) is 17.4. The minimum atomic E-state index is 0.350. The Bertz CT molecular complexity index is 303. The van der Waals surface area contributed by atoms with Crippen LogP contribution in [0.1, 0.15) is 25.8 Å². The number of benzene rings is 1. The minimum Gasteiger partial charge on any atom is -0.508 e. The van der Waals surface area contributed by atoms with Crippen LogP contribution in [0, 0.1) is 0 Å². The first-order chi connectivity index (χ1) is 9.26. The molecule has 0 aliphatic rings. The van der Waals surface area contributed by atoms with Crippen LogP contribution in [0.25, 0.3) is 0 Å². The Hall–Kier alpha value is -1.39. The molecular weight excluding hydrogens is 242 g/mol. The number of carbonyl (C=O) groups excluding carboxylic acids is 1. The molecule has 1 aromatic rings. The molecular formula is C15H27NO3.